The number of esters is 1. The Bertz CT molecular complexity index is 494. The van der Waals surface area contributed by atoms with E-state index in [2.05, 4.69) is 0 Å². The van der Waals surface area contributed by atoms with E-state index >= 15 is 0 Å². The van der Waals surface area contributed by atoms with Gasteiger partial charge in [-0.1, -0.05) is 32.0 Å². The Balaban J connectivity index is 2.01. The lowest BCUT2D eigenvalue weighted by Gasteiger charge is -2.19. The third-order valence-corrected chi connectivity index (χ3v) is 2.87. The van der Waals surface area contributed by atoms with Crippen molar-refractivity contribution in [1.82, 2.24) is 0 Å². The van der Waals surface area contributed by atoms with Gasteiger partial charge in [-0.05, 0) is 24.5 Å². The number of benzene rings is 1. The van der Waals surface area contributed by atoms with Crippen LogP contribution >= 0.6 is 0 Å². The Morgan fingerprint density at radius 2 is 2.16 bits per heavy atom. The van der Waals surface area contributed by atoms with Crippen molar-refractivity contribution in [3.05, 3.63) is 35.6 Å². The van der Waals surface area contributed by atoms with Gasteiger partial charge in [-0.2, -0.15) is 0 Å². The van der Waals surface area contributed by atoms with E-state index in [1.807, 2.05) is 44.2 Å². The molecule has 1 aromatic rings. The molecule has 0 amide bonds. The fourth-order valence-electron chi connectivity index (χ4n) is 1.96. The molecule has 19 heavy (non-hydrogen) atoms. The molecule has 4 nitrogen and oxygen atoms in total. The summed E-state index contributed by atoms with van der Waals surface area (Å²) in [5, 5.41) is 0. The maximum atomic E-state index is 11.8. The zero-order chi connectivity index (χ0) is 13.8. The number of ether oxygens (including phenoxy) is 2. The molecule has 1 atom stereocenters. The van der Waals surface area contributed by atoms with E-state index in [-0.39, 0.29) is 6.61 Å². The van der Waals surface area contributed by atoms with Crippen LogP contribution in [0.3, 0.4) is 0 Å². The molecule has 0 saturated heterocycles. The van der Waals surface area contributed by atoms with E-state index in [0.29, 0.717) is 18.1 Å². The van der Waals surface area contributed by atoms with Gasteiger partial charge in [-0.3, -0.25) is 0 Å². The van der Waals surface area contributed by atoms with Gasteiger partial charge >= 0.3 is 5.97 Å². The van der Waals surface area contributed by atoms with Gasteiger partial charge in [0.15, 0.2) is 0 Å². The number of fused-ring (bicyclic) bond motifs is 1. The molecule has 1 aromatic carbocycles. The summed E-state index contributed by atoms with van der Waals surface area (Å²) in [6.45, 7) is 4.30. The summed E-state index contributed by atoms with van der Waals surface area (Å²) in [6.07, 6.45) is 2.43. The highest BCUT2D eigenvalue weighted by Gasteiger charge is 2.20. The molecule has 0 spiro atoms. The van der Waals surface area contributed by atoms with Crippen LogP contribution in [0.4, 0.5) is 0 Å². The second-order valence-corrected chi connectivity index (χ2v) is 5.09. The van der Waals surface area contributed by atoms with E-state index in [9.17, 15) is 4.79 Å². The number of rotatable bonds is 4. The molecule has 1 aliphatic rings. The monoisotopic (exact) mass is 261 g/mol. The third kappa shape index (κ3) is 3.58. The zero-order valence-electron chi connectivity index (χ0n) is 11.3. The van der Waals surface area contributed by atoms with Crippen molar-refractivity contribution in [2.24, 2.45) is 11.7 Å². The van der Waals surface area contributed by atoms with E-state index in [1.165, 1.54) is 0 Å². The second kappa shape index (κ2) is 5.89. The number of nitrogens with two attached hydrogens (primary N) is 1. The van der Waals surface area contributed by atoms with Crippen LogP contribution in [0, 0.1) is 5.92 Å². The predicted molar refractivity (Wildman–Crippen MR) is 73.4 cm³/mol. The van der Waals surface area contributed by atoms with Crippen LogP contribution in [0.15, 0.2) is 30.0 Å². The third-order valence-electron chi connectivity index (χ3n) is 2.87. The molecule has 102 valence electrons. The Hall–Kier alpha value is -1.81. The maximum Gasteiger partial charge on any atom is 0.328 e. The Morgan fingerprint density at radius 3 is 2.89 bits per heavy atom. The highest BCUT2D eigenvalue weighted by Crippen LogP contribution is 2.26. The van der Waals surface area contributed by atoms with Gasteiger partial charge in [0.25, 0.3) is 0 Å². The quantitative estimate of drug-likeness (QED) is 0.845. The van der Waals surface area contributed by atoms with E-state index in [1.54, 1.807) is 0 Å². The molecule has 4 heteroatoms. The van der Waals surface area contributed by atoms with Crippen molar-refractivity contribution in [2.75, 3.05) is 6.61 Å². The molecule has 2 N–H and O–H groups in total. The Kier molecular flexibility index (Phi) is 4.22. The molecular formula is C15H19NO3. The smallest absolute Gasteiger partial charge is 0.328 e. The minimum Gasteiger partial charge on any atom is -0.485 e. The van der Waals surface area contributed by atoms with Crippen LogP contribution in [0.1, 0.15) is 25.8 Å². The molecule has 1 aliphatic heterocycles. The molecule has 0 aromatic heterocycles. The van der Waals surface area contributed by atoms with E-state index < -0.39 is 12.0 Å². The number of hydrogen-bond acceptors (Lipinski definition) is 4. The number of hydrogen-bond donors (Lipinski definition) is 1. The summed E-state index contributed by atoms with van der Waals surface area (Å²) in [4.78, 5) is 11.8. The number of para-hydroxylation sites is 1. The first-order valence-corrected chi connectivity index (χ1v) is 6.46. The van der Waals surface area contributed by atoms with Gasteiger partial charge in [0.2, 0.25) is 0 Å². The van der Waals surface area contributed by atoms with Crippen molar-refractivity contribution in [3.8, 4) is 5.75 Å². The first-order valence-electron chi connectivity index (χ1n) is 6.46. The average molecular weight is 261 g/mol. The minimum absolute atomic E-state index is 0.261. The Morgan fingerprint density at radius 1 is 1.42 bits per heavy atom. The van der Waals surface area contributed by atoms with E-state index in [4.69, 9.17) is 15.2 Å². The number of carbonyl (C=O) groups excluding carboxylic acids is 1. The highest BCUT2D eigenvalue weighted by atomic mass is 16.6. The van der Waals surface area contributed by atoms with Crippen LogP contribution in [-0.2, 0) is 9.53 Å². The molecule has 0 radical (unpaired) electrons. The molecule has 1 heterocycles. The van der Waals surface area contributed by atoms with Crippen molar-refractivity contribution in [2.45, 2.75) is 26.3 Å². The molecule has 0 unspecified atom stereocenters. The van der Waals surface area contributed by atoms with Crippen LogP contribution in [0.2, 0.25) is 0 Å². The molecule has 0 bridgehead atoms. The first-order chi connectivity index (χ1) is 9.06. The lowest BCUT2D eigenvalue weighted by Crippen LogP contribution is -2.34. The van der Waals surface area contributed by atoms with Crippen molar-refractivity contribution in [1.29, 1.82) is 0 Å². The summed E-state index contributed by atoms with van der Waals surface area (Å²) in [7, 11) is 0. The molecule has 0 saturated carbocycles. The zero-order valence-corrected chi connectivity index (χ0v) is 11.3. The average Bonchev–Trinajstić information content (AvgIpc) is 2.37. The van der Waals surface area contributed by atoms with Crippen LogP contribution in [-0.4, -0.2) is 18.6 Å². The SMILES string of the molecule is CC(C)C[C@@H](N)C(=O)OC1=Cc2ccccc2OC1. The van der Waals surface area contributed by atoms with Gasteiger partial charge in [0.05, 0.1) is 0 Å². The standard InChI is InChI=1S/C15H19NO3/c1-10(2)7-13(16)15(17)19-12-8-11-5-3-4-6-14(11)18-9-12/h3-6,8,10,13H,7,9,16H2,1-2H3/t13-/m1/s1. The van der Waals surface area contributed by atoms with Crippen LogP contribution < -0.4 is 10.5 Å². The molecule has 0 aliphatic carbocycles. The highest BCUT2D eigenvalue weighted by molar-refractivity contribution is 5.77. The lowest BCUT2D eigenvalue weighted by atomic mass is 10.0. The summed E-state index contributed by atoms with van der Waals surface area (Å²) in [6, 6.07) is 7.03. The fourth-order valence-corrected chi connectivity index (χ4v) is 1.96. The van der Waals surface area contributed by atoms with Crippen molar-refractivity contribution >= 4 is 12.0 Å². The fraction of sp³-hybridized carbons (Fsp3) is 0.400. The van der Waals surface area contributed by atoms with Crippen molar-refractivity contribution in [3.63, 3.8) is 0 Å². The van der Waals surface area contributed by atoms with Crippen LogP contribution in [0.25, 0.3) is 6.08 Å². The number of carbonyl (C=O) groups is 1. The van der Waals surface area contributed by atoms with E-state index in [0.717, 1.165) is 11.3 Å². The van der Waals surface area contributed by atoms with Gasteiger partial charge in [-0.15, -0.1) is 0 Å². The topological polar surface area (TPSA) is 61.6 Å². The van der Waals surface area contributed by atoms with Crippen molar-refractivity contribution < 1.29 is 14.3 Å². The molecular weight excluding hydrogens is 242 g/mol. The molecule has 0 fully saturated rings. The summed E-state index contributed by atoms with van der Waals surface area (Å²) in [5.74, 6) is 1.26. The van der Waals surface area contributed by atoms with Gasteiger partial charge < -0.3 is 15.2 Å². The first kappa shape index (κ1) is 13.6. The minimum atomic E-state index is -0.585. The molecule has 2 rings (SSSR count). The normalized spacial score (nSPS) is 15.3. The predicted octanol–water partition coefficient (Wildman–Crippen LogP) is 2.34. The van der Waals surface area contributed by atoms with Crippen LogP contribution in [0.5, 0.6) is 5.75 Å². The summed E-state index contributed by atoms with van der Waals surface area (Å²) < 4.78 is 10.8. The maximum absolute atomic E-state index is 11.8. The Labute approximate surface area is 113 Å². The van der Waals surface area contributed by atoms with Gasteiger partial charge in [0.1, 0.15) is 24.2 Å². The lowest BCUT2D eigenvalue weighted by molar-refractivity contribution is -0.141. The largest absolute Gasteiger partial charge is 0.485 e. The second-order valence-electron chi connectivity index (χ2n) is 5.09. The van der Waals surface area contributed by atoms with Gasteiger partial charge in [-0.25, -0.2) is 4.79 Å². The summed E-state index contributed by atoms with van der Waals surface area (Å²) >= 11 is 0. The van der Waals surface area contributed by atoms with Gasteiger partial charge in [0, 0.05) is 5.56 Å². The summed E-state index contributed by atoms with van der Waals surface area (Å²) in [5.41, 5.74) is 6.70.